The van der Waals surface area contributed by atoms with Gasteiger partial charge in [-0.05, 0) is 34.9 Å². The molecular weight excluding hydrogens is 503 g/mol. The summed E-state index contributed by atoms with van der Waals surface area (Å²) in [5.74, 6) is -0.284. The third-order valence-electron chi connectivity index (χ3n) is 6.50. The van der Waals surface area contributed by atoms with Crippen molar-refractivity contribution in [1.82, 2.24) is 9.78 Å². The van der Waals surface area contributed by atoms with E-state index in [9.17, 15) is 18.0 Å². The van der Waals surface area contributed by atoms with Crippen LogP contribution in [0.4, 0.5) is 18.9 Å². The van der Waals surface area contributed by atoms with Gasteiger partial charge in [-0.15, -0.1) is 0 Å². The molecule has 5 rings (SSSR count). The number of rotatable bonds is 8. The van der Waals surface area contributed by atoms with Crippen molar-refractivity contribution in [2.45, 2.75) is 25.7 Å². The zero-order valence-corrected chi connectivity index (χ0v) is 21.2. The highest BCUT2D eigenvalue weighted by atomic mass is 19.4. The van der Waals surface area contributed by atoms with Crippen molar-refractivity contribution in [2.75, 3.05) is 12.4 Å². The summed E-state index contributed by atoms with van der Waals surface area (Å²) in [5, 5.41) is 8.25. The van der Waals surface area contributed by atoms with Crippen molar-refractivity contribution in [3.63, 3.8) is 0 Å². The van der Waals surface area contributed by atoms with E-state index in [1.807, 2.05) is 78.9 Å². The number of ether oxygens (including phenoxy) is 1. The second-order valence-electron chi connectivity index (χ2n) is 9.19. The Morgan fingerprint density at radius 2 is 1.54 bits per heavy atom. The molecule has 0 atom stereocenters. The number of hydrogen-bond donors (Lipinski definition) is 1. The number of methoxy groups -OCH3 is 1. The predicted octanol–water partition coefficient (Wildman–Crippen LogP) is 7.10. The maximum Gasteiger partial charge on any atom is 0.418 e. The quantitative estimate of drug-likeness (QED) is 0.218. The number of aromatic nitrogens is 2. The number of benzene rings is 4. The van der Waals surface area contributed by atoms with Crippen LogP contribution in [0.3, 0.4) is 0 Å². The van der Waals surface area contributed by atoms with Crippen molar-refractivity contribution in [3.05, 3.63) is 119 Å². The van der Waals surface area contributed by atoms with Crippen LogP contribution < -0.4 is 5.32 Å². The molecule has 0 aliphatic carbocycles. The Morgan fingerprint density at radius 3 is 2.21 bits per heavy atom. The van der Waals surface area contributed by atoms with E-state index in [0.29, 0.717) is 24.2 Å². The maximum absolute atomic E-state index is 13.8. The molecule has 0 amide bonds. The first-order valence-electron chi connectivity index (χ1n) is 12.4. The molecule has 198 valence electrons. The number of esters is 1. The zero-order chi connectivity index (χ0) is 27.4. The van der Waals surface area contributed by atoms with Crippen molar-refractivity contribution >= 4 is 22.6 Å². The van der Waals surface area contributed by atoms with Crippen LogP contribution in [0.25, 0.3) is 22.2 Å². The molecule has 5 nitrogen and oxygen atoms in total. The minimum Gasteiger partial charge on any atom is -0.469 e. The minimum atomic E-state index is -4.51. The maximum atomic E-state index is 13.8. The van der Waals surface area contributed by atoms with Gasteiger partial charge in [0.2, 0.25) is 0 Å². The molecule has 5 aromatic rings. The molecule has 0 saturated carbocycles. The summed E-state index contributed by atoms with van der Waals surface area (Å²) in [5.41, 5.74) is 4.32. The monoisotopic (exact) mass is 529 g/mol. The molecule has 39 heavy (non-hydrogen) atoms. The summed E-state index contributed by atoms with van der Waals surface area (Å²) >= 11 is 0. The summed E-state index contributed by atoms with van der Waals surface area (Å²) in [7, 11) is 1.37. The molecule has 0 radical (unpaired) electrons. The fraction of sp³-hybridized carbons (Fsp3) is 0.161. The standard InChI is InChI=1S/C31H26F3N3O2/c1-39-28(38)18-21-10-12-22(13-11-21)19-35-25-16-14-24(15-17-25)30-26-8-5-9-27(31(32,33)34)29(26)36-37(30)20-23-6-3-2-4-7-23/h2-17,35H,18-20H2,1H3. The average Bonchev–Trinajstić information content (AvgIpc) is 3.30. The lowest BCUT2D eigenvalue weighted by Gasteiger charge is -2.11. The lowest BCUT2D eigenvalue weighted by molar-refractivity contribution is -0.140. The predicted molar refractivity (Wildman–Crippen MR) is 145 cm³/mol. The van der Waals surface area contributed by atoms with Gasteiger partial charge in [-0.3, -0.25) is 9.48 Å². The first-order valence-corrected chi connectivity index (χ1v) is 12.4. The third kappa shape index (κ3) is 5.95. The van der Waals surface area contributed by atoms with Gasteiger partial charge >= 0.3 is 12.1 Å². The lowest BCUT2D eigenvalue weighted by Crippen LogP contribution is -2.06. The Hall–Kier alpha value is -4.59. The van der Waals surface area contributed by atoms with Crippen LogP contribution in [0, 0.1) is 0 Å². The van der Waals surface area contributed by atoms with Gasteiger partial charge in [-0.25, -0.2) is 0 Å². The molecule has 0 spiro atoms. The van der Waals surface area contributed by atoms with Crippen molar-refractivity contribution < 1.29 is 22.7 Å². The second-order valence-corrected chi connectivity index (χ2v) is 9.19. The van der Waals surface area contributed by atoms with Gasteiger partial charge < -0.3 is 10.1 Å². The van der Waals surface area contributed by atoms with Crippen molar-refractivity contribution in [1.29, 1.82) is 0 Å². The number of fused-ring (bicyclic) bond motifs is 1. The van der Waals surface area contributed by atoms with E-state index in [-0.39, 0.29) is 17.9 Å². The van der Waals surface area contributed by atoms with Gasteiger partial charge in [0.25, 0.3) is 0 Å². The summed E-state index contributed by atoms with van der Waals surface area (Å²) in [6.07, 6.45) is -4.28. The van der Waals surface area contributed by atoms with Crippen LogP contribution in [0.15, 0.2) is 97.1 Å². The number of nitrogens with one attached hydrogen (secondary N) is 1. The van der Waals surface area contributed by atoms with Crippen molar-refractivity contribution in [3.8, 4) is 11.3 Å². The largest absolute Gasteiger partial charge is 0.469 e. The normalized spacial score (nSPS) is 11.5. The number of halogens is 3. The number of anilines is 1. The van der Waals surface area contributed by atoms with Crippen LogP contribution in [0.2, 0.25) is 0 Å². The molecule has 0 aliphatic heterocycles. The number of hydrogen-bond acceptors (Lipinski definition) is 4. The first kappa shape index (κ1) is 26.0. The Kier molecular flexibility index (Phi) is 7.36. The van der Waals surface area contributed by atoms with Gasteiger partial charge in [-0.2, -0.15) is 18.3 Å². The highest BCUT2D eigenvalue weighted by molar-refractivity contribution is 5.95. The van der Waals surface area contributed by atoms with Gasteiger partial charge in [0.05, 0.1) is 31.3 Å². The van der Waals surface area contributed by atoms with E-state index in [1.54, 1.807) is 10.7 Å². The smallest absolute Gasteiger partial charge is 0.418 e. The highest BCUT2D eigenvalue weighted by Gasteiger charge is 2.34. The number of alkyl halides is 3. The Balaban J connectivity index is 1.41. The Labute approximate surface area is 223 Å². The van der Waals surface area contributed by atoms with Crippen LogP contribution in [0.1, 0.15) is 22.3 Å². The molecule has 0 bridgehead atoms. The topological polar surface area (TPSA) is 56.1 Å². The minimum absolute atomic E-state index is 0.0613. The summed E-state index contributed by atoms with van der Waals surface area (Å²) < 4.78 is 47.7. The van der Waals surface area contributed by atoms with Gasteiger partial charge in [0, 0.05) is 23.2 Å². The second kappa shape index (κ2) is 11.0. The molecule has 1 heterocycles. The molecule has 8 heteroatoms. The highest BCUT2D eigenvalue weighted by Crippen LogP contribution is 2.38. The number of carbonyl (C=O) groups excluding carboxylic acids is 1. The van der Waals surface area contributed by atoms with E-state index in [4.69, 9.17) is 4.74 Å². The average molecular weight is 530 g/mol. The molecule has 1 aromatic heterocycles. The number of nitrogens with zero attached hydrogens (tertiary/aromatic N) is 2. The summed E-state index contributed by atoms with van der Waals surface area (Å²) in [4.78, 5) is 11.4. The Bertz CT molecular complexity index is 1580. The first-order chi connectivity index (χ1) is 18.8. The van der Waals surface area contributed by atoms with Gasteiger partial charge in [0.15, 0.2) is 0 Å². The van der Waals surface area contributed by atoms with Crippen LogP contribution >= 0.6 is 0 Å². The summed E-state index contributed by atoms with van der Waals surface area (Å²) in [6, 6.07) is 29.0. The van der Waals surface area contributed by atoms with E-state index >= 15 is 0 Å². The Morgan fingerprint density at radius 1 is 0.846 bits per heavy atom. The fourth-order valence-electron chi connectivity index (χ4n) is 4.52. The summed E-state index contributed by atoms with van der Waals surface area (Å²) in [6.45, 7) is 0.912. The lowest BCUT2D eigenvalue weighted by atomic mass is 10.0. The van der Waals surface area contributed by atoms with E-state index < -0.39 is 11.7 Å². The molecule has 0 aliphatic rings. The van der Waals surface area contributed by atoms with Gasteiger partial charge in [-0.1, -0.05) is 78.9 Å². The molecule has 4 aromatic carbocycles. The number of carbonyl (C=O) groups is 1. The fourth-order valence-corrected chi connectivity index (χ4v) is 4.52. The molecule has 0 unspecified atom stereocenters. The van der Waals surface area contributed by atoms with E-state index in [1.165, 1.54) is 13.2 Å². The van der Waals surface area contributed by atoms with Gasteiger partial charge in [0.1, 0.15) is 5.52 Å². The van der Waals surface area contributed by atoms with E-state index in [0.717, 1.165) is 34.0 Å². The van der Waals surface area contributed by atoms with E-state index in [2.05, 4.69) is 10.4 Å². The third-order valence-corrected chi connectivity index (χ3v) is 6.50. The molecular formula is C31H26F3N3O2. The molecule has 1 N–H and O–H groups in total. The van der Waals surface area contributed by atoms with Crippen molar-refractivity contribution in [2.24, 2.45) is 0 Å². The van der Waals surface area contributed by atoms with Crippen LogP contribution in [0.5, 0.6) is 0 Å². The molecule has 0 saturated heterocycles. The van der Waals surface area contributed by atoms with Crippen LogP contribution in [-0.4, -0.2) is 22.9 Å². The molecule has 0 fully saturated rings. The SMILES string of the molecule is COC(=O)Cc1ccc(CNc2ccc(-c3c4cccc(C(F)(F)F)c4nn3Cc3ccccc3)cc2)cc1. The zero-order valence-electron chi connectivity index (χ0n) is 21.2. The van der Waals surface area contributed by atoms with Crippen LogP contribution in [-0.2, 0) is 35.2 Å².